The van der Waals surface area contributed by atoms with Crippen molar-refractivity contribution in [3.63, 3.8) is 0 Å². The predicted octanol–water partition coefficient (Wildman–Crippen LogP) is 4.22. The highest BCUT2D eigenvalue weighted by molar-refractivity contribution is 7.99. The van der Waals surface area contributed by atoms with Crippen LogP contribution in [0.5, 0.6) is 0 Å². The SMILES string of the molecule is O=C(CCSc1ccc(F)cc1)Nc1cc(F)cc(F)c1. The number of amides is 1. The molecule has 0 spiro atoms. The van der Waals surface area contributed by atoms with Crippen molar-refractivity contribution >= 4 is 23.4 Å². The molecule has 0 heterocycles. The number of nitrogens with one attached hydrogen (secondary N) is 1. The van der Waals surface area contributed by atoms with Crippen LogP contribution < -0.4 is 5.32 Å². The average Bonchev–Trinajstić information content (AvgIpc) is 2.39. The van der Waals surface area contributed by atoms with Crippen molar-refractivity contribution in [1.29, 1.82) is 0 Å². The maximum atomic E-state index is 13.0. The Balaban J connectivity index is 1.80. The van der Waals surface area contributed by atoms with Crippen LogP contribution in [0.25, 0.3) is 0 Å². The number of hydrogen-bond donors (Lipinski definition) is 1. The summed E-state index contributed by atoms with van der Waals surface area (Å²) < 4.78 is 38.6. The first-order valence-corrected chi connectivity index (χ1v) is 7.16. The first kappa shape index (κ1) is 15.4. The minimum Gasteiger partial charge on any atom is -0.326 e. The van der Waals surface area contributed by atoms with Gasteiger partial charge in [-0.05, 0) is 36.4 Å². The normalized spacial score (nSPS) is 10.4. The number of anilines is 1. The maximum absolute atomic E-state index is 13.0. The van der Waals surface area contributed by atoms with Crippen molar-refractivity contribution in [1.82, 2.24) is 0 Å². The van der Waals surface area contributed by atoms with E-state index in [0.717, 1.165) is 23.1 Å². The van der Waals surface area contributed by atoms with Crippen LogP contribution in [-0.4, -0.2) is 11.7 Å². The molecule has 2 rings (SSSR count). The Bertz CT molecular complexity index is 611. The van der Waals surface area contributed by atoms with E-state index in [2.05, 4.69) is 5.32 Å². The number of carbonyl (C=O) groups excluding carboxylic acids is 1. The summed E-state index contributed by atoms with van der Waals surface area (Å²) in [5.74, 6) is -1.66. The van der Waals surface area contributed by atoms with Gasteiger partial charge in [0, 0.05) is 28.8 Å². The van der Waals surface area contributed by atoms with Gasteiger partial charge in [0.15, 0.2) is 0 Å². The smallest absolute Gasteiger partial charge is 0.225 e. The van der Waals surface area contributed by atoms with Crippen LogP contribution in [-0.2, 0) is 4.79 Å². The van der Waals surface area contributed by atoms with E-state index >= 15 is 0 Å². The number of halogens is 3. The summed E-state index contributed by atoms with van der Waals surface area (Å²) in [4.78, 5) is 12.5. The molecule has 0 saturated carbocycles. The summed E-state index contributed by atoms with van der Waals surface area (Å²) in [7, 11) is 0. The van der Waals surface area contributed by atoms with E-state index in [0.29, 0.717) is 5.75 Å². The van der Waals surface area contributed by atoms with E-state index in [1.54, 1.807) is 12.1 Å². The van der Waals surface area contributed by atoms with Crippen molar-refractivity contribution in [2.45, 2.75) is 11.3 Å². The molecule has 0 unspecified atom stereocenters. The Morgan fingerprint density at radius 2 is 1.57 bits per heavy atom. The van der Waals surface area contributed by atoms with E-state index < -0.39 is 11.6 Å². The molecule has 0 aliphatic carbocycles. The Kier molecular flexibility index (Phi) is 5.27. The molecule has 0 saturated heterocycles. The second-order valence-electron chi connectivity index (χ2n) is 4.26. The molecule has 2 aromatic rings. The Morgan fingerprint density at radius 3 is 2.19 bits per heavy atom. The molecular weight excluding hydrogens is 299 g/mol. The quantitative estimate of drug-likeness (QED) is 0.838. The summed E-state index contributed by atoms with van der Waals surface area (Å²) in [5.41, 5.74) is 0.0873. The lowest BCUT2D eigenvalue weighted by atomic mass is 10.3. The third-order valence-corrected chi connectivity index (χ3v) is 3.57. The summed E-state index contributed by atoms with van der Waals surface area (Å²) in [5, 5.41) is 2.43. The highest BCUT2D eigenvalue weighted by atomic mass is 32.2. The van der Waals surface area contributed by atoms with Crippen LogP contribution in [0.2, 0.25) is 0 Å². The fourth-order valence-corrected chi connectivity index (χ4v) is 2.49. The van der Waals surface area contributed by atoms with Gasteiger partial charge in [0.2, 0.25) is 5.91 Å². The number of thioether (sulfide) groups is 1. The summed E-state index contributed by atoms with van der Waals surface area (Å²) in [6.07, 6.45) is 0.181. The molecule has 0 aliphatic rings. The molecule has 0 bridgehead atoms. The highest BCUT2D eigenvalue weighted by Gasteiger charge is 2.06. The maximum Gasteiger partial charge on any atom is 0.225 e. The van der Waals surface area contributed by atoms with Gasteiger partial charge in [-0.25, -0.2) is 13.2 Å². The molecule has 2 nitrogen and oxygen atoms in total. The number of benzene rings is 2. The molecular formula is C15H12F3NOS. The van der Waals surface area contributed by atoms with E-state index in [9.17, 15) is 18.0 Å². The van der Waals surface area contributed by atoms with Crippen LogP contribution in [0.3, 0.4) is 0 Å². The van der Waals surface area contributed by atoms with Gasteiger partial charge in [0.25, 0.3) is 0 Å². The first-order chi connectivity index (χ1) is 10.0. The zero-order valence-electron chi connectivity index (χ0n) is 10.9. The molecule has 0 fully saturated rings. The van der Waals surface area contributed by atoms with Gasteiger partial charge in [-0.15, -0.1) is 11.8 Å². The standard InChI is InChI=1S/C15H12F3NOS/c16-10-1-3-14(4-2-10)21-6-5-15(20)19-13-8-11(17)7-12(18)9-13/h1-4,7-9H,5-6H2,(H,19,20). The predicted molar refractivity (Wildman–Crippen MR) is 76.7 cm³/mol. The summed E-state index contributed by atoms with van der Waals surface area (Å²) in [6, 6.07) is 8.78. The van der Waals surface area contributed by atoms with Gasteiger partial charge in [-0.3, -0.25) is 4.79 Å². The topological polar surface area (TPSA) is 29.1 Å². The largest absolute Gasteiger partial charge is 0.326 e. The van der Waals surface area contributed by atoms with E-state index in [1.807, 2.05) is 0 Å². The molecule has 0 radical (unpaired) electrons. The van der Waals surface area contributed by atoms with Crippen molar-refractivity contribution in [3.05, 3.63) is 59.9 Å². The molecule has 0 aromatic heterocycles. The van der Waals surface area contributed by atoms with Crippen LogP contribution >= 0.6 is 11.8 Å². The zero-order valence-corrected chi connectivity index (χ0v) is 11.7. The molecule has 110 valence electrons. The van der Waals surface area contributed by atoms with Crippen LogP contribution in [0.15, 0.2) is 47.4 Å². The van der Waals surface area contributed by atoms with Crippen LogP contribution in [0, 0.1) is 17.5 Å². The van der Waals surface area contributed by atoms with Gasteiger partial charge >= 0.3 is 0 Å². The molecule has 6 heteroatoms. The van der Waals surface area contributed by atoms with Crippen molar-refractivity contribution in [3.8, 4) is 0 Å². The minimum absolute atomic E-state index is 0.0873. The second kappa shape index (κ2) is 7.17. The summed E-state index contributed by atoms with van der Waals surface area (Å²) >= 11 is 1.40. The van der Waals surface area contributed by atoms with Gasteiger partial charge in [0.1, 0.15) is 17.5 Å². The zero-order chi connectivity index (χ0) is 15.2. The Labute approximate surface area is 124 Å². The lowest BCUT2D eigenvalue weighted by Gasteiger charge is -2.06. The van der Waals surface area contributed by atoms with Gasteiger partial charge in [-0.2, -0.15) is 0 Å². The second-order valence-corrected chi connectivity index (χ2v) is 5.43. The highest BCUT2D eigenvalue weighted by Crippen LogP contribution is 2.19. The Hall–Kier alpha value is -1.95. The van der Waals surface area contributed by atoms with Crippen LogP contribution in [0.1, 0.15) is 6.42 Å². The van der Waals surface area contributed by atoms with E-state index in [4.69, 9.17) is 0 Å². The Morgan fingerprint density at radius 1 is 0.952 bits per heavy atom. The monoisotopic (exact) mass is 311 g/mol. The molecule has 1 amide bonds. The minimum atomic E-state index is -0.744. The molecule has 21 heavy (non-hydrogen) atoms. The molecule has 0 atom stereocenters. The summed E-state index contributed by atoms with van der Waals surface area (Å²) in [6.45, 7) is 0. The van der Waals surface area contributed by atoms with Gasteiger partial charge in [-0.1, -0.05) is 0 Å². The first-order valence-electron chi connectivity index (χ1n) is 6.17. The van der Waals surface area contributed by atoms with Crippen molar-refractivity contribution in [2.75, 3.05) is 11.1 Å². The molecule has 0 aliphatic heterocycles. The van der Waals surface area contributed by atoms with Crippen molar-refractivity contribution in [2.24, 2.45) is 0 Å². The van der Waals surface area contributed by atoms with Gasteiger partial charge < -0.3 is 5.32 Å². The number of carbonyl (C=O) groups is 1. The molecule has 1 N–H and O–H groups in total. The number of rotatable bonds is 5. The lowest BCUT2D eigenvalue weighted by molar-refractivity contribution is -0.115. The lowest BCUT2D eigenvalue weighted by Crippen LogP contribution is -2.12. The van der Waals surface area contributed by atoms with Crippen molar-refractivity contribution < 1.29 is 18.0 Å². The fraction of sp³-hybridized carbons (Fsp3) is 0.133. The number of hydrogen-bond acceptors (Lipinski definition) is 2. The van der Waals surface area contributed by atoms with E-state index in [1.165, 1.54) is 23.9 Å². The van der Waals surface area contributed by atoms with Gasteiger partial charge in [0.05, 0.1) is 0 Å². The van der Waals surface area contributed by atoms with E-state index in [-0.39, 0.29) is 23.8 Å². The average molecular weight is 311 g/mol. The third kappa shape index (κ3) is 5.15. The third-order valence-electron chi connectivity index (χ3n) is 2.56. The fourth-order valence-electron chi connectivity index (χ4n) is 1.64. The molecule has 2 aromatic carbocycles. The van der Waals surface area contributed by atoms with Crippen LogP contribution in [0.4, 0.5) is 18.9 Å².